The molecular weight excluding hydrogens is 216 g/mol. The molecule has 0 fully saturated rings. The van der Waals surface area contributed by atoms with E-state index in [2.05, 4.69) is 10.5 Å². The lowest BCUT2D eigenvalue weighted by Crippen LogP contribution is -2.10. The Labute approximate surface area is 92.5 Å². The number of rotatable bonds is 5. The van der Waals surface area contributed by atoms with Crippen LogP contribution in [0.3, 0.4) is 0 Å². The molecule has 1 aromatic rings. The molecule has 1 N–H and O–H groups in total. The van der Waals surface area contributed by atoms with Crippen molar-refractivity contribution in [3.63, 3.8) is 0 Å². The van der Waals surface area contributed by atoms with Gasteiger partial charge in [0.05, 0.1) is 12.8 Å². The van der Waals surface area contributed by atoms with Crippen LogP contribution in [0.5, 0.6) is 0 Å². The van der Waals surface area contributed by atoms with E-state index in [1.165, 1.54) is 24.2 Å². The highest BCUT2D eigenvalue weighted by Crippen LogP contribution is 2.16. The number of thiocarbonyl (C=S) groups is 1. The fourth-order valence-electron chi connectivity index (χ4n) is 0.734. The molecule has 0 amide bonds. The zero-order valence-corrected chi connectivity index (χ0v) is 9.27. The van der Waals surface area contributed by atoms with E-state index in [0.29, 0.717) is 0 Å². The predicted octanol–water partition coefficient (Wildman–Crippen LogP) is 2.17. The van der Waals surface area contributed by atoms with Crippen LogP contribution in [-0.2, 0) is 4.84 Å². The maximum atomic E-state index is 4.78. The molecule has 1 heterocycles. The third kappa shape index (κ3) is 3.87. The van der Waals surface area contributed by atoms with Crippen LogP contribution in [0.1, 0.15) is 0 Å². The zero-order valence-electron chi connectivity index (χ0n) is 7.64. The maximum Gasteiger partial charge on any atom is 0.100 e. The van der Waals surface area contributed by atoms with Gasteiger partial charge in [0.25, 0.3) is 0 Å². The van der Waals surface area contributed by atoms with Gasteiger partial charge in [-0.2, -0.15) is 0 Å². The zero-order chi connectivity index (χ0) is 10.2. The summed E-state index contributed by atoms with van der Waals surface area (Å²) in [5.74, 6) is 0. The molecule has 1 rings (SSSR count). The first-order chi connectivity index (χ1) is 6.86. The lowest BCUT2D eigenvalue weighted by Gasteiger charge is -2.01. The van der Waals surface area contributed by atoms with Crippen LogP contribution in [0.25, 0.3) is 0 Å². The van der Waals surface area contributed by atoms with E-state index in [-0.39, 0.29) is 0 Å². The minimum atomic E-state index is 0.734. The minimum absolute atomic E-state index is 0.734. The third-order valence-corrected chi connectivity index (χ3v) is 2.40. The first kappa shape index (κ1) is 11.2. The SMILES string of the molecule is CONC(C=S)=CSc1ccccn1. The van der Waals surface area contributed by atoms with Crippen molar-refractivity contribution in [2.45, 2.75) is 5.03 Å². The highest BCUT2D eigenvalue weighted by atomic mass is 32.2. The first-order valence-corrected chi connectivity index (χ1v) is 5.24. The Morgan fingerprint density at radius 2 is 2.50 bits per heavy atom. The Balaban J connectivity index is 2.56. The molecular formula is C9H10N2OS2. The highest BCUT2D eigenvalue weighted by Gasteiger charge is 1.93. The molecule has 0 saturated heterocycles. The summed E-state index contributed by atoms with van der Waals surface area (Å²) in [4.78, 5) is 8.88. The van der Waals surface area contributed by atoms with Crippen LogP contribution in [0, 0.1) is 0 Å². The molecule has 74 valence electrons. The van der Waals surface area contributed by atoms with E-state index >= 15 is 0 Å². The Morgan fingerprint density at radius 1 is 1.64 bits per heavy atom. The van der Waals surface area contributed by atoms with Crippen molar-refractivity contribution in [1.82, 2.24) is 10.5 Å². The molecule has 0 bridgehead atoms. The molecule has 0 atom stereocenters. The number of nitrogens with zero attached hydrogens (tertiary/aromatic N) is 1. The van der Waals surface area contributed by atoms with E-state index in [0.717, 1.165) is 10.7 Å². The quantitative estimate of drug-likeness (QED) is 0.360. The molecule has 0 saturated carbocycles. The van der Waals surface area contributed by atoms with Gasteiger partial charge in [-0.1, -0.05) is 30.0 Å². The molecule has 1 aromatic heterocycles. The maximum absolute atomic E-state index is 4.78. The molecule has 0 aliphatic rings. The summed E-state index contributed by atoms with van der Waals surface area (Å²) in [7, 11) is 1.54. The number of aromatic nitrogens is 1. The van der Waals surface area contributed by atoms with Gasteiger partial charge in [0, 0.05) is 17.0 Å². The summed E-state index contributed by atoms with van der Waals surface area (Å²) in [5.41, 5.74) is 3.39. The number of hydroxylamine groups is 1. The van der Waals surface area contributed by atoms with Crippen LogP contribution in [-0.4, -0.2) is 17.5 Å². The molecule has 0 aromatic carbocycles. The fraction of sp³-hybridized carbons (Fsp3) is 0.111. The number of nitrogens with one attached hydrogen (secondary N) is 1. The van der Waals surface area contributed by atoms with Gasteiger partial charge in [-0.3, -0.25) is 10.3 Å². The van der Waals surface area contributed by atoms with Gasteiger partial charge >= 0.3 is 0 Å². The van der Waals surface area contributed by atoms with E-state index in [4.69, 9.17) is 17.1 Å². The predicted molar refractivity (Wildman–Crippen MR) is 62.0 cm³/mol. The minimum Gasteiger partial charge on any atom is -0.279 e. The molecule has 0 radical (unpaired) electrons. The monoisotopic (exact) mass is 226 g/mol. The smallest absolute Gasteiger partial charge is 0.100 e. The van der Waals surface area contributed by atoms with Crippen LogP contribution < -0.4 is 5.48 Å². The molecule has 3 nitrogen and oxygen atoms in total. The Morgan fingerprint density at radius 3 is 3.07 bits per heavy atom. The van der Waals surface area contributed by atoms with Crippen molar-refractivity contribution < 1.29 is 4.84 Å². The second-order valence-electron chi connectivity index (χ2n) is 2.28. The summed E-state index contributed by atoms with van der Waals surface area (Å²) in [6, 6.07) is 5.74. The summed E-state index contributed by atoms with van der Waals surface area (Å²) in [5, 5.41) is 4.28. The van der Waals surface area contributed by atoms with Gasteiger partial charge in [0.1, 0.15) is 5.03 Å². The van der Waals surface area contributed by atoms with Crippen molar-refractivity contribution in [2.75, 3.05) is 7.11 Å². The molecule has 0 aliphatic heterocycles. The Hall–Kier alpha value is -0.910. The Kier molecular flexibility index (Phi) is 5.21. The second-order valence-corrected chi connectivity index (χ2v) is 3.41. The fourth-order valence-corrected chi connectivity index (χ4v) is 1.58. The third-order valence-electron chi connectivity index (χ3n) is 1.29. The molecule has 5 heteroatoms. The topological polar surface area (TPSA) is 34.1 Å². The van der Waals surface area contributed by atoms with Gasteiger partial charge in [-0.25, -0.2) is 4.98 Å². The average Bonchev–Trinajstić information content (AvgIpc) is 2.25. The van der Waals surface area contributed by atoms with Crippen molar-refractivity contribution >= 4 is 29.3 Å². The van der Waals surface area contributed by atoms with Crippen molar-refractivity contribution in [1.29, 1.82) is 0 Å². The van der Waals surface area contributed by atoms with E-state index in [1.54, 1.807) is 6.20 Å². The molecule has 0 spiro atoms. The van der Waals surface area contributed by atoms with Crippen molar-refractivity contribution in [2.24, 2.45) is 0 Å². The van der Waals surface area contributed by atoms with Gasteiger partial charge in [0.15, 0.2) is 0 Å². The lowest BCUT2D eigenvalue weighted by molar-refractivity contribution is 0.124. The standard InChI is InChI=1S/C9H10N2OS2/c1-12-11-8(6-13)7-14-9-4-2-3-5-10-9/h2-7,11H,1H3. The van der Waals surface area contributed by atoms with Crippen molar-refractivity contribution in [3.05, 3.63) is 35.5 Å². The largest absolute Gasteiger partial charge is 0.279 e. The average molecular weight is 226 g/mol. The normalized spacial score (nSPS) is 11.1. The van der Waals surface area contributed by atoms with Gasteiger partial charge in [-0.15, -0.1) is 0 Å². The molecule has 0 aliphatic carbocycles. The lowest BCUT2D eigenvalue weighted by atomic mass is 10.5. The summed E-state index contributed by atoms with van der Waals surface area (Å²) in [6.07, 6.45) is 1.75. The summed E-state index contributed by atoms with van der Waals surface area (Å²) >= 11 is 6.26. The summed E-state index contributed by atoms with van der Waals surface area (Å²) in [6.45, 7) is 0. The summed E-state index contributed by atoms with van der Waals surface area (Å²) < 4.78 is 0. The van der Waals surface area contributed by atoms with E-state index in [9.17, 15) is 0 Å². The highest BCUT2D eigenvalue weighted by molar-refractivity contribution is 8.02. The van der Waals surface area contributed by atoms with Crippen LogP contribution in [0.4, 0.5) is 0 Å². The van der Waals surface area contributed by atoms with Crippen molar-refractivity contribution in [3.8, 4) is 0 Å². The van der Waals surface area contributed by atoms with Crippen LogP contribution >= 0.6 is 24.0 Å². The van der Waals surface area contributed by atoms with Gasteiger partial charge < -0.3 is 0 Å². The number of thioether (sulfide) groups is 1. The second kappa shape index (κ2) is 6.53. The number of pyridine rings is 1. The molecule has 14 heavy (non-hydrogen) atoms. The van der Waals surface area contributed by atoms with E-state index in [1.807, 2.05) is 23.6 Å². The first-order valence-electron chi connectivity index (χ1n) is 3.89. The number of allylic oxidation sites excluding steroid dienone is 1. The van der Waals surface area contributed by atoms with Gasteiger partial charge in [-0.05, 0) is 12.1 Å². The van der Waals surface area contributed by atoms with Gasteiger partial charge in [0.2, 0.25) is 0 Å². The molecule has 0 unspecified atom stereocenters. The number of hydrogen-bond acceptors (Lipinski definition) is 5. The number of hydrogen-bond donors (Lipinski definition) is 1. The Bertz CT molecular complexity index is 314. The van der Waals surface area contributed by atoms with Crippen LogP contribution in [0.2, 0.25) is 0 Å². The van der Waals surface area contributed by atoms with E-state index < -0.39 is 0 Å². The van der Waals surface area contributed by atoms with Crippen LogP contribution in [0.15, 0.2) is 40.5 Å².